The molecular weight excluding hydrogens is 239 g/mol. The Morgan fingerprint density at radius 3 is 2.22 bits per heavy atom. The minimum atomic E-state index is -0.0936. The van der Waals surface area contributed by atoms with Crippen molar-refractivity contribution in [1.29, 1.82) is 0 Å². The normalized spacial score (nSPS) is 23.7. The van der Waals surface area contributed by atoms with Gasteiger partial charge in [-0.25, -0.2) is 0 Å². The standard InChI is InChI=1S/C12H21BN2S.C2H6/c1-12(13)7-5-6-10(15(4)9-16)11(8-12)14(2)3;1-2/h9H,5-8H2,1-4H3;1-2H3. The summed E-state index contributed by atoms with van der Waals surface area (Å²) >= 11 is 5.01. The van der Waals surface area contributed by atoms with Crippen molar-refractivity contribution in [3.05, 3.63) is 11.4 Å². The van der Waals surface area contributed by atoms with Gasteiger partial charge < -0.3 is 9.80 Å². The monoisotopic (exact) mass is 266 g/mol. The van der Waals surface area contributed by atoms with E-state index in [-0.39, 0.29) is 5.31 Å². The van der Waals surface area contributed by atoms with Gasteiger partial charge in [0.15, 0.2) is 0 Å². The summed E-state index contributed by atoms with van der Waals surface area (Å²) in [7, 11) is 12.5. The fraction of sp³-hybridized carbons (Fsp3) is 0.786. The number of nitrogens with zero attached hydrogens (tertiary/aromatic N) is 2. The van der Waals surface area contributed by atoms with Gasteiger partial charge in [-0.2, -0.15) is 0 Å². The van der Waals surface area contributed by atoms with Gasteiger partial charge in [0.05, 0.1) is 13.3 Å². The van der Waals surface area contributed by atoms with E-state index in [1.54, 1.807) is 5.49 Å². The molecule has 0 heterocycles. The third kappa shape index (κ3) is 5.01. The van der Waals surface area contributed by atoms with E-state index in [2.05, 4.69) is 25.9 Å². The molecule has 1 atom stereocenters. The van der Waals surface area contributed by atoms with Gasteiger partial charge in [0, 0.05) is 32.5 Å². The number of hydrogen-bond donors (Lipinski definition) is 0. The lowest BCUT2D eigenvalue weighted by atomic mass is 9.65. The van der Waals surface area contributed by atoms with E-state index in [1.807, 2.05) is 25.8 Å². The number of thiocarbonyl (C=S) groups is 1. The summed E-state index contributed by atoms with van der Waals surface area (Å²) in [6, 6.07) is 0. The first-order valence-electron chi connectivity index (χ1n) is 6.74. The Hall–Kier alpha value is -0.505. The first-order chi connectivity index (χ1) is 8.37. The van der Waals surface area contributed by atoms with Crippen molar-refractivity contribution in [3.8, 4) is 0 Å². The average molecular weight is 266 g/mol. The molecule has 4 heteroatoms. The van der Waals surface area contributed by atoms with Crippen molar-refractivity contribution >= 4 is 25.6 Å². The molecule has 0 aromatic heterocycles. The van der Waals surface area contributed by atoms with Crippen LogP contribution in [0.5, 0.6) is 0 Å². The molecule has 1 aliphatic rings. The van der Waals surface area contributed by atoms with Gasteiger partial charge in [-0.05, 0) is 19.3 Å². The SMILES string of the molecule is CC.[B]C1(C)CCCC(N(C)C=S)=C(N(C)C)C1. The molecule has 0 spiro atoms. The molecule has 1 rings (SSSR count). The van der Waals surface area contributed by atoms with Crippen LogP contribution in [0.2, 0.25) is 5.31 Å². The summed E-state index contributed by atoms with van der Waals surface area (Å²) in [5.74, 6) is 0. The van der Waals surface area contributed by atoms with Gasteiger partial charge in [-0.15, -0.1) is 0 Å². The molecule has 0 saturated carbocycles. The Balaban J connectivity index is 0.00000137. The molecule has 0 aromatic carbocycles. The fourth-order valence-corrected chi connectivity index (χ4v) is 2.36. The lowest BCUT2D eigenvalue weighted by molar-refractivity contribution is 0.430. The maximum Gasteiger partial charge on any atom is 0.0747 e. The second kappa shape index (κ2) is 7.83. The molecular formula is C14H27BN2S. The molecule has 102 valence electrons. The highest BCUT2D eigenvalue weighted by Crippen LogP contribution is 2.41. The van der Waals surface area contributed by atoms with Crippen LogP contribution in [0.25, 0.3) is 0 Å². The Bertz CT molecular complexity index is 298. The van der Waals surface area contributed by atoms with Crippen LogP contribution in [-0.2, 0) is 0 Å². The highest BCUT2D eigenvalue weighted by atomic mass is 32.1. The van der Waals surface area contributed by atoms with Crippen molar-refractivity contribution in [2.45, 2.75) is 51.8 Å². The number of rotatable bonds is 3. The van der Waals surface area contributed by atoms with Gasteiger partial charge in [-0.1, -0.05) is 44.7 Å². The first kappa shape index (κ1) is 17.5. The quantitative estimate of drug-likeness (QED) is 0.569. The molecule has 2 nitrogen and oxygen atoms in total. The zero-order chi connectivity index (χ0) is 14.3. The summed E-state index contributed by atoms with van der Waals surface area (Å²) in [6.45, 7) is 6.14. The average Bonchev–Trinajstić information content (AvgIpc) is 2.49. The molecule has 1 aliphatic carbocycles. The van der Waals surface area contributed by atoms with E-state index in [0.717, 1.165) is 25.7 Å². The smallest absolute Gasteiger partial charge is 0.0747 e. The summed E-state index contributed by atoms with van der Waals surface area (Å²) in [6.07, 6.45) is 4.18. The zero-order valence-electron chi connectivity index (χ0n) is 12.8. The van der Waals surface area contributed by atoms with Crippen LogP contribution in [-0.4, -0.2) is 44.3 Å². The third-order valence-corrected chi connectivity index (χ3v) is 3.51. The van der Waals surface area contributed by atoms with Gasteiger partial charge in [0.2, 0.25) is 0 Å². The van der Waals surface area contributed by atoms with Crippen molar-refractivity contribution in [1.82, 2.24) is 9.80 Å². The van der Waals surface area contributed by atoms with E-state index in [9.17, 15) is 0 Å². The molecule has 1 unspecified atom stereocenters. The fourth-order valence-electron chi connectivity index (χ4n) is 2.24. The molecule has 0 aliphatic heterocycles. The number of allylic oxidation sites excluding steroid dienone is 2. The Morgan fingerprint density at radius 1 is 1.22 bits per heavy atom. The molecule has 0 aromatic rings. The van der Waals surface area contributed by atoms with Crippen LogP contribution in [0.1, 0.15) is 46.5 Å². The van der Waals surface area contributed by atoms with Crippen LogP contribution < -0.4 is 0 Å². The molecule has 0 saturated heterocycles. The Kier molecular flexibility index (Phi) is 7.61. The van der Waals surface area contributed by atoms with Crippen LogP contribution in [0, 0.1) is 0 Å². The summed E-state index contributed by atoms with van der Waals surface area (Å²) in [5.41, 5.74) is 4.33. The second-order valence-corrected chi connectivity index (χ2v) is 5.40. The predicted octanol–water partition coefficient (Wildman–Crippen LogP) is 3.60. The molecule has 0 N–H and O–H groups in total. The minimum Gasteiger partial charge on any atom is -0.380 e. The van der Waals surface area contributed by atoms with Crippen LogP contribution in [0.3, 0.4) is 0 Å². The lowest BCUT2D eigenvalue weighted by Gasteiger charge is -2.30. The van der Waals surface area contributed by atoms with Crippen molar-refractivity contribution in [3.63, 3.8) is 0 Å². The number of hydrogen-bond acceptors (Lipinski definition) is 2. The van der Waals surface area contributed by atoms with Gasteiger partial charge in [0.1, 0.15) is 0 Å². The summed E-state index contributed by atoms with van der Waals surface area (Å²) < 4.78 is 0. The van der Waals surface area contributed by atoms with E-state index in [0.29, 0.717) is 0 Å². The predicted molar refractivity (Wildman–Crippen MR) is 86.1 cm³/mol. The van der Waals surface area contributed by atoms with Crippen LogP contribution >= 0.6 is 12.2 Å². The van der Waals surface area contributed by atoms with E-state index in [4.69, 9.17) is 20.1 Å². The van der Waals surface area contributed by atoms with Gasteiger partial charge in [0.25, 0.3) is 0 Å². The molecule has 0 bridgehead atoms. The van der Waals surface area contributed by atoms with Crippen molar-refractivity contribution in [2.24, 2.45) is 0 Å². The Morgan fingerprint density at radius 2 is 1.78 bits per heavy atom. The van der Waals surface area contributed by atoms with E-state index < -0.39 is 0 Å². The minimum absolute atomic E-state index is 0.0936. The van der Waals surface area contributed by atoms with Crippen LogP contribution in [0.15, 0.2) is 11.4 Å². The Labute approximate surface area is 120 Å². The maximum atomic E-state index is 6.29. The largest absolute Gasteiger partial charge is 0.380 e. The van der Waals surface area contributed by atoms with Crippen molar-refractivity contribution in [2.75, 3.05) is 21.1 Å². The van der Waals surface area contributed by atoms with E-state index >= 15 is 0 Å². The topological polar surface area (TPSA) is 6.48 Å². The highest BCUT2D eigenvalue weighted by Gasteiger charge is 2.26. The lowest BCUT2D eigenvalue weighted by Crippen LogP contribution is -2.23. The van der Waals surface area contributed by atoms with Gasteiger partial charge >= 0.3 is 0 Å². The second-order valence-electron chi connectivity index (χ2n) is 5.19. The molecule has 0 fully saturated rings. The third-order valence-electron chi connectivity index (χ3n) is 3.19. The van der Waals surface area contributed by atoms with Crippen LogP contribution in [0.4, 0.5) is 0 Å². The summed E-state index contributed by atoms with van der Waals surface area (Å²) in [4.78, 5) is 4.22. The first-order valence-corrected chi connectivity index (χ1v) is 7.21. The molecule has 18 heavy (non-hydrogen) atoms. The summed E-state index contributed by atoms with van der Waals surface area (Å²) in [5, 5.41) is -0.0936. The van der Waals surface area contributed by atoms with Gasteiger partial charge in [-0.3, -0.25) is 0 Å². The van der Waals surface area contributed by atoms with Crippen molar-refractivity contribution < 1.29 is 0 Å². The highest BCUT2D eigenvalue weighted by molar-refractivity contribution is 7.78. The maximum absolute atomic E-state index is 6.29. The zero-order valence-corrected chi connectivity index (χ0v) is 13.6. The van der Waals surface area contributed by atoms with E-state index in [1.165, 1.54) is 11.4 Å². The molecule has 0 amide bonds. The molecule has 2 radical (unpaired) electrons.